The number of ether oxygens (including phenoxy) is 1. The minimum atomic E-state index is -4.66. The van der Waals surface area contributed by atoms with Crippen LogP contribution in [0.25, 0.3) is 11.3 Å². The van der Waals surface area contributed by atoms with Crippen LogP contribution in [-0.2, 0) is 17.0 Å². The normalized spacial score (nSPS) is 12.3. The first-order chi connectivity index (χ1) is 11.4. The molecule has 0 radical (unpaired) electrons. The maximum atomic E-state index is 13.5. The summed E-state index contributed by atoms with van der Waals surface area (Å²) in [7, 11) is -0.532. The van der Waals surface area contributed by atoms with Crippen LogP contribution in [0.4, 0.5) is 18.9 Å². The van der Waals surface area contributed by atoms with Crippen LogP contribution in [0.15, 0.2) is 12.1 Å². The summed E-state index contributed by atoms with van der Waals surface area (Å²) in [5.74, 6) is -0.817. The molecule has 1 heterocycles. The number of carbonyl (C=O) groups is 1. The molecule has 0 aliphatic heterocycles. The quantitative estimate of drug-likeness (QED) is 0.488. The van der Waals surface area contributed by atoms with E-state index in [0.29, 0.717) is 11.7 Å². The van der Waals surface area contributed by atoms with Crippen LogP contribution < -0.4 is 5.73 Å². The number of hydrogen-bond acceptors (Lipinski definition) is 5. The highest BCUT2D eigenvalue weighted by molar-refractivity contribution is 6.75. The first-order valence-electron chi connectivity index (χ1n) is 7.43. The highest BCUT2D eigenvalue weighted by atomic mass is 28.3. The molecule has 3 N–H and O–H groups in total. The number of nitrogens with one attached hydrogen (secondary N) is 1. The van der Waals surface area contributed by atoms with Gasteiger partial charge in [-0.1, -0.05) is 19.6 Å². The van der Waals surface area contributed by atoms with Gasteiger partial charge >= 0.3 is 12.1 Å². The van der Waals surface area contributed by atoms with Crippen molar-refractivity contribution in [3.05, 3.63) is 29.0 Å². The van der Waals surface area contributed by atoms with Crippen LogP contribution >= 0.6 is 0 Å². The van der Waals surface area contributed by atoms with Crippen LogP contribution in [0.5, 0.6) is 0 Å². The van der Waals surface area contributed by atoms with E-state index in [1.165, 1.54) is 0 Å². The third-order valence-corrected chi connectivity index (χ3v) is 4.87. The fourth-order valence-electron chi connectivity index (χ4n) is 2.43. The van der Waals surface area contributed by atoms with E-state index in [9.17, 15) is 18.0 Å². The summed E-state index contributed by atoms with van der Waals surface area (Å²) in [4.78, 5) is 11.8. The van der Waals surface area contributed by atoms with Gasteiger partial charge in [0, 0.05) is 11.3 Å². The predicted octanol–water partition coefficient (Wildman–Crippen LogP) is 3.28. The smallest absolute Gasteiger partial charge is 0.417 e. The highest BCUT2D eigenvalue weighted by Gasteiger charge is 2.37. The Hall–Kier alpha value is -2.36. The number of nitrogens with two attached hydrogens (primary N) is 1. The van der Waals surface area contributed by atoms with Gasteiger partial charge in [0.2, 0.25) is 0 Å². The summed E-state index contributed by atoms with van der Waals surface area (Å²) in [5.41, 5.74) is 4.46. The average Bonchev–Trinajstić information content (AvgIpc) is 2.91. The summed E-state index contributed by atoms with van der Waals surface area (Å²) in [6, 6.07) is 2.33. The van der Waals surface area contributed by atoms with Crippen LogP contribution in [-0.4, -0.2) is 36.6 Å². The third-order valence-electron chi connectivity index (χ3n) is 3.47. The van der Waals surface area contributed by atoms with Crippen molar-refractivity contribution in [2.75, 3.05) is 12.8 Å². The van der Waals surface area contributed by atoms with Gasteiger partial charge in [-0.15, -0.1) is 0 Å². The molecule has 0 saturated carbocycles. The van der Waals surface area contributed by atoms with Crippen molar-refractivity contribution in [1.29, 1.82) is 0 Å². The van der Waals surface area contributed by atoms with Gasteiger partial charge in [0.1, 0.15) is 5.69 Å². The van der Waals surface area contributed by atoms with Gasteiger partial charge in [0.05, 0.1) is 32.0 Å². The van der Waals surface area contributed by atoms with E-state index in [1.807, 2.05) is 0 Å². The largest absolute Gasteiger partial charge is 0.465 e. The number of esters is 1. The number of anilines is 1. The number of aromatic nitrogens is 3. The Morgan fingerprint density at radius 2 is 1.92 bits per heavy atom. The minimum absolute atomic E-state index is 0.0694. The number of H-pyrrole nitrogens is 1. The molecular formula is C15H19F3N4O2Si. The van der Waals surface area contributed by atoms with Crippen LogP contribution in [0.1, 0.15) is 21.6 Å². The molecule has 0 aliphatic rings. The Morgan fingerprint density at radius 1 is 1.28 bits per heavy atom. The molecule has 0 aliphatic carbocycles. The Labute approximate surface area is 143 Å². The predicted molar refractivity (Wildman–Crippen MR) is 89.6 cm³/mol. The van der Waals surface area contributed by atoms with E-state index in [0.717, 1.165) is 19.2 Å². The second kappa shape index (κ2) is 6.51. The van der Waals surface area contributed by atoms with Gasteiger partial charge in [-0.3, -0.25) is 0 Å². The molecule has 0 bridgehead atoms. The second-order valence-corrected chi connectivity index (χ2v) is 12.3. The molecule has 1 aromatic heterocycles. The van der Waals surface area contributed by atoms with Crippen molar-refractivity contribution in [3.8, 4) is 11.3 Å². The summed E-state index contributed by atoms with van der Waals surface area (Å²) in [6.07, 6.45) is -4.66. The lowest BCUT2D eigenvalue weighted by Crippen LogP contribution is -2.24. The topological polar surface area (TPSA) is 93.9 Å². The van der Waals surface area contributed by atoms with E-state index in [2.05, 4.69) is 39.8 Å². The summed E-state index contributed by atoms with van der Waals surface area (Å²) in [6.45, 7) is 6.21. The van der Waals surface area contributed by atoms with Crippen molar-refractivity contribution < 1.29 is 22.7 Å². The summed E-state index contributed by atoms with van der Waals surface area (Å²) >= 11 is 0. The van der Waals surface area contributed by atoms with Gasteiger partial charge in [0.15, 0.2) is 0 Å². The number of hydrogen-bond donors (Lipinski definition) is 2. The molecule has 136 valence electrons. The number of nitrogen functional groups attached to an aromatic ring is 1. The van der Waals surface area contributed by atoms with Crippen molar-refractivity contribution in [2.24, 2.45) is 0 Å². The molecule has 1 aromatic carbocycles. The first kappa shape index (κ1) is 19.0. The van der Waals surface area contributed by atoms with E-state index < -0.39 is 25.8 Å². The zero-order valence-electron chi connectivity index (χ0n) is 14.3. The van der Waals surface area contributed by atoms with Gasteiger partial charge in [0.25, 0.3) is 0 Å². The van der Waals surface area contributed by atoms with Crippen LogP contribution in [0, 0.1) is 0 Å². The van der Waals surface area contributed by atoms with E-state index in [4.69, 9.17) is 5.73 Å². The Balaban J connectivity index is 2.71. The maximum Gasteiger partial charge on any atom is 0.417 e. The molecule has 0 spiro atoms. The van der Waals surface area contributed by atoms with E-state index >= 15 is 0 Å². The Morgan fingerprint density at radius 3 is 2.44 bits per heavy atom. The molecule has 10 heteroatoms. The molecule has 25 heavy (non-hydrogen) atoms. The summed E-state index contributed by atoms with van der Waals surface area (Å²) < 4.78 is 45.0. The van der Waals surface area contributed by atoms with Gasteiger partial charge in [-0.2, -0.15) is 28.6 Å². The number of nitrogens with zero attached hydrogens (tertiary/aromatic N) is 2. The lowest BCUT2D eigenvalue weighted by molar-refractivity contribution is -0.137. The fraction of sp³-hybridized carbons (Fsp3) is 0.400. The SMILES string of the molecule is COC(=O)c1cc(-c2n[nH]nc2C[Si](C)(C)C)c(C(F)(F)F)cc1N. The first-order valence-corrected chi connectivity index (χ1v) is 11.1. The molecule has 0 fully saturated rings. The number of methoxy groups -OCH3 is 1. The molecule has 0 unspecified atom stereocenters. The second-order valence-electron chi connectivity index (χ2n) is 6.83. The van der Waals surface area contributed by atoms with Crippen molar-refractivity contribution in [1.82, 2.24) is 15.4 Å². The number of benzene rings is 1. The molecule has 2 aromatic rings. The Bertz CT molecular complexity index is 797. The molecule has 2 rings (SSSR count). The lowest BCUT2D eigenvalue weighted by atomic mass is 9.98. The van der Waals surface area contributed by atoms with Crippen molar-refractivity contribution in [3.63, 3.8) is 0 Å². The van der Waals surface area contributed by atoms with Crippen molar-refractivity contribution >= 4 is 19.7 Å². The van der Waals surface area contributed by atoms with Crippen LogP contribution in [0.3, 0.4) is 0 Å². The van der Waals surface area contributed by atoms with E-state index in [1.54, 1.807) is 0 Å². The number of rotatable bonds is 4. The average molecular weight is 372 g/mol. The molecule has 0 amide bonds. The maximum absolute atomic E-state index is 13.5. The third kappa shape index (κ3) is 4.19. The fourth-order valence-corrected chi connectivity index (χ4v) is 3.68. The molecule has 0 saturated heterocycles. The zero-order chi connectivity index (χ0) is 19.0. The standard InChI is InChI=1S/C15H19F3N4O2Si/c1-24-14(23)9-5-8(10(6-11(9)19)15(16,17)18)13-12(20-22-21-13)7-25(2,3)4/h5-6H,7,19H2,1-4H3,(H,20,21,22). The van der Waals surface area contributed by atoms with Crippen molar-refractivity contribution in [2.45, 2.75) is 31.9 Å². The monoisotopic (exact) mass is 372 g/mol. The van der Waals surface area contributed by atoms with Crippen LogP contribution in [0.2, 0.25) is 19.6 Å². The number of halogens is 3. The van der Waals surface area contributed by atoms with E-state index in [-0.39, 0.29) is 22.5 Å². The summed E-state index contributed by atoms with van der Waals surface area (Å²) in [5, 5.41) is 10.3. The highest BCUT2D eigenvalue weighted by Crippen LogP contribution is 2.40. The lowest BCUT2D eigenvalue weighted by Gasteiger charge is -2.17. The molecule has 0 atom stereocenters. The Kier molecular flexibility index (Phi) is 4.94. The van der Waals surface area contributed by atoms with Gasteiger partial charge < -0.3 is 10.5 Å². The minimum Gasteiger partial charge on any atom is -0.465 e. The molecule has 6 nitrogen and oxygen atoms in total. The number of aromatic amines is 1. The van der Waals surface area contributed by atoms with Gasteiger partial charge in [-0.05, 0) is 18.2 Å². The number of alkyl halides is 3. The zero-order valence-corrected chi connectivity index (χ0v) is 15.3. The molecular weight excluding hydrogens is 353 g/mol. The number of carbonyl (C=O) groups excluding carboxylic acids is 1. The van der Waals surface area contributed by atoms with Gasteiger partial charge in [-0.25, -0.2) is 4.79 Å².